The fourth-order valence-electron chi connectivity index (χ4n) is 1.09. The Balaban J connectivity index is 2.91. The van der Waals surface area contributed by atoms with Crippen LogP contribution in [0.3, 0.4) is 0 Å². The molecule has 0 unspecified atom stereocenters. The average molecular weight is 148 g/mol. The van der Waals surface area contributed by atoms with E-state index >= 15 is 0 Å². The van der Waals surface area contributed by atoms with E-state index in [1.165, 1.54) is 0 Å². The summed E-state index contributed by atoms with van der Waals surface area (Å²) in [5.41, 5.74) is 7.22. The first kappa shape index (κ1) is 6.15. The van der Waals surface area contributed by atoms with Gasteiger partial charge in [0.2, 0.25) is 0 Å². The zero-order chi connectivity index (χ0) is 7.84. The Morgan fingerprint density at radius 3 is 3.18 bits per heavy atom. The van der Waals surface area contributed by atoms with Gasteiger partial charge in [0.05, 0.1) is 5.69 Å². The Morgan fingerprint density at radius 1 is 1.55 bits per heavy atom. The molecule has 0 spiro atoms. The van der Waals surface area contributed by atoms with E-state index in [-0.39, 0.29) is 0 Å². The van der Waals surface area contributed by atoms with Gasteiger partial charge in [-0.1, -0.05) is 0 Å². The zero-order valence-corrected chi connectivity index (χ0v) is 6.15. The van der Waals surface area contributed by atoms with Gasteiger partial charge in [-0.3, -0.25) is 0 Å². The molecule has 0 aliphatic heterocycles. The monoisotopic (exact) mass is 148 g/mol. The highest BCUT2D eigenvalue weighted by Crippen LogP contribution is 2.08. The fraction of sp³-hybridized carbons (Fsp3) is 0.143. The Labute approximate surface area is 63.7 Å². The molecular formula is C7H8N4. The van der Waals surface area contributed by atoms with Crippen molar-refractivity contribution in [1.82, 2.24) is 14.4 Å². The predicted molar refractivity (Wildman–Crippen MR) is 42.1 cm³/mol. The normalized spacial score (nSPS) is 10.6. The number of nitrogens with two attached hydrogens (primary N) is 1. The van der Waals surface area contributed by atoms with Crippen LogP contribution < -0.4 is 5.73 Å². The lowest BCUT2D eigenvalue weighted by Gasteiger charge is -1.97. The molecule has 0 fully saturated rings. The summed E-state index contributed by atoms with van der Waals surface area (Å²) >= 11 is 0. The molecule has 2 aromatic heterocycles. The Hall–Kier alpha value is -1.58. The minimum atomic E-state index is 0.481. The van der Waals surface area contributed by atoms with Crippen molar-refractivity contribution >= 4 is 11.5 Å². The zero-order valence-electron chi connectivity index (χ0n) is 6.15. The molecule has 0 aliphatic rings. The molecule has 0 amide bonds. The number of aryl methyl sites for hydroxylation is 1. The van der Waals surface area contributed by atoms with Gasteiger partial charge in [0.15, 0.2) is 11.5 Å². The summed E-state index contributed by atoms with van der Waals surface area (Å²) in [4.78, 5) is 8.10. The maximum atomic E-state index is 5.61. The van der Waals surface area contributed by atoms with E-state index in [2.05, 4.69) is 9.97 Å². The number of fused-ring (bicyclic) bond motifs is 1. The van der Waals surface area contributed by atoms with Crippen LogP contribution in [0.15, 0.2) is 18.6 Å². The molecule has 4 heteroatoms. The SMILES string of the molecule is Cc1cn2ccnc2c(N)n1. The number of imidazole rings is 1. The van der Waals surface area contributed by atoms with Crippen molar-refractivity contribution in [3.63, 3.8) is 0 Å². The number of aromatic nitrogens is 3. The third-order valence-electron chi connectivity index (χ3n) is 1.52. The van der Waals surface area contributed by atoms with Gasteiger partial charge < -0.3 is 10.1 Å². The third-order valence-corrected chi connectivity index (χ3v) is 1.52. The van der Waals surface area contributed by atoms with Crippen LogP contribution in [0.2, 0.25) is 0 Å². The molecule has 2 heterocycles. The lowest BCUT2D eigenvalue weighted by molar-refractivity contribution is 1.08. The Bertz CT molecular complexity index is 390. The summed E-state index contributed by atoms with van der Waals surface area (Å²) in [5, 5.41) is 0. The first-order chi connectivity index (χ1) is 5.27. The molecule has 0 saturated carbocycles. The van der Waals surface area contributed by atoms with E-state index in [0.29, 0.717) is 5.82 Å². The number of hydrogen-bond acceptors (Lipinski definition) is 3. The van der Waals surface area contributed by atoms with E-state index in [1.54, 1.807) is 6.20 Å². The van der Waals surface area contributed by atoms with Crippen LogP contribution in [-0.2, 0) is 0 Å². The van der Waals surface area contributed by atoms with Crippen LogP contribution in [0.4, 0.5) is 5.82 Å². The first-order valence-electron chi connectivity index (χ1n) is 3.33. The van der Waals surface area contributed by atoms with Crippen LogP contribution in [-0.4, -0.2) is 14.4 Å². The van der Waals surface area contributed by atoms with E-state index in [1.807, 2.05) is 23.7 Å². The second-order valence-electron chi connectivity index (χ2n) is 2.43. The number of anilines is 1. The van der Waals surface area contributed by atoms with Crippen molar-refractivity contribution in [2.45, 2.75) is 6.92 Å². The van der Waals surface area contributed by atoms with Gasteiger partial charge in [-0.2, -0.15) is 0 Å². The van der Waals surface area contributed by atoms with Gasteiger partial charge in [0, 0.05) is 18.6 Å². The lowest BCUT2D eigenvalue weighted by atomic mass is 10.5. The van der Waals surface area contributed by atoms with Gasteiger partial charge >= 0.3 is 0 Å². The van der Waals surface area contributed by atoms with E-state index in [4.69, 9.17) is 5.73 Å². The van der Waals surface area contributed by atoms with E-state index in [0.717, 1.165) is 11.3 Å². The molecule has 2 rings (SSSR count). The van der Waals surface area contributed by atoms with Gasteiger partial charge in [-0.05, 0) is 6.92 Å². The molecular weight excluding hydrogens is 140 g/mol. The molecule has 4 nitrogen and oxygen atoms in total. The van der Waals surface area contributed by atoms with Gasteiger partial charge in [0.1, 0.15) is 0 Å². The molecule has 0 radical (unpaired) electrons. The maximum Gasteiger partial charge on any atom is 0.179 e. The second kappa shape index (κ2) is 1.95. The highest BCUT2D eigenvalue weighted by Gasteiger charge is 1.99. The summed E-state index contributed by atoms with van der Waals surface area (Å²) in [6.45, 7) is 1.90. The molecule has 2 N–H and O–H groups in total. The quantitative estimate of drug-likeness (QED) is 0.595. The van der Waals surface area contributed by atoms with Crippen molar-refractivity contribution in [3.05, 3.63) is 24.3 Å². The fourth-order valence-corrected chi connectivity index (χ4v) is 1.09. The van der Waals surface area contributed by atoms with Crippen LogP contribution >= 0.6 is 0 Å². The standard InChI is InChI=1S/C7H8N4/c1-5-4-11-3-2-9-7(11)6(8)10-5/h2-4H,1H3,(H2,8,10). The van der Waals surface area contributed by atoms with Gasteiger partial charge in [-0.25, -0.2) is 9.97 Å². The maximum absolute atomic E-state index is 5.61. The summed E-state index contributed by atoms with van der Waals surface area (Å²) in [6, 6.07) is 0. The molecule has 0 aliphatic carbocycles. The van der Waals surface area contributed by atoms with Crippen molar-refractivity contribution in [2.75, 3.05) is 5.73 Å². The molecule has 56 valence electrons. The first-order valence-corrected chi connectivity index (χ1v) is 3.33. The van der Waals surface area contributed by atoms with Gasteiger partial charge in [-0.15, -0.1) is 0 Å². The highest BCUT2D eigenvalue weighted by atomic mass is 15.0. The number of nitrogens with zero attached hydrogens (tertiary/aromatic N) is 3. The Morgan fingerprint density at radius 2 is 2.36 bits per heavy atom. The van der Waals surface area contributed by atoms with Crippen LogP contribution in [0.25, 0.3) is 5.65 Å². The minimum Gasteiger partial charge on any atom is -0.381 e. The average Bonchev–Trinajstić information content (AvgIpc) is 2.34. The minimum absolute atomic E-state index is 0.481. The highest BCUT2D eigenvalue weighted by molar-refractivity contribution is 5.59. The van der Waals surface area contributed by atoms with Crippen molar-refractivity contribution in [2.24, 2.45) is 0 Å². The topological polar surface area (TPSA) is 56.2 Å². The number of rotatable bonds is 0. The summed E-state index contributed by atoms with van der Waals surface area (Å²) < 4.78 is 1.86. The Kier molecular flexibility index (Phi) is 1.09. The predicted octanol–water partition coefficient (Wildman–Crippen LogP) is 0.620. The molecule has 2 aromatic rings. The van der Waals surface area contributed by atoms with E-state index in [9.17, 15) is 0 Å². The van der Waals surface area contributed by atoms with Crippen molar-refractivity contribution < 1.29 is 0 Å². The van der Waals surface area contributed by atoms with E-state index < -0.39 is 0 Å². The number of hydrogen-bond donors (Lipinski definition) is 1. The summed E-state index contributed by atoms with van der Waals surface area (Å²) in [7, 11) is 0. The van der Waals surface area contributed by atoms with Crippen LogP contribution in [0.5, 0.6) is 0 Å². The third kappa shape index (κ3) is 0.832. The lowest BCUT2D eigenvalue weighted by Crippen LogP contribution is -1.97. The molecule has 0 bridgehead atoms. The molecule has 0 atom stereocenters. The van der Waals surface area contributed by atoms with Crippen molar-refractivity contribution in [1.29, 1.82) is 0 Å². The summed E-state index contributed by atoms with van der Waals surface area (Å²) in [5.74, 6) is 0.481. The molecule has 0 aromatic carbocycles. The molecule has 0 saturated heterocycles. The second-order valence-corrected chi connectivity index (χ2v) is 2.43. The smallest absolute Gasteiger partial charge is 0.179 e. The molecule has 11 heavy (non-hydrogen) atoms. The van der Waals surface area contributed by atoms with Crippen LogP contribution in [0.1, 0.15) is 5.69 Å². The summed E-state index contributed by atoms with van der Waals surface area (Å²) in [6.07, 6.45) is 5.44. The van der Waals surface area contributed by atoms with Crippen LogP contribution in [0, 0.1) is 6.92 Å². The largest absolute Gasteiger partial charge is 0.381 e. The number of nitrogen functional groups attached to an aromatic ring is 1. The van der Waals surface area contributed by atoms with Crippen molar-refractivity contribution in [3.8, 4) is 0 Å². The van der Waals surface area contributed by atoms with Gasteiger partial charge in [0.25, 0.3) is 0 Å².